The molecule has 1 aliphatic carbocycles. The molecule has 35 heavy (non-hydrogen) atoms. The van der Waals surface area contributed by atoms with Gasteiger partial charge in [0.15, 0.2) is 0 Å². The summed E-state index contributed by atoms with van der Waals surface area (Å²) in [6.07, 6.45) is 2.83. The van der Waals surface area contributed by atoms with Crippen LogP contribution in [0, 0.1) is 0 Å². The number of rotatable bonds is 4. The Morgan fingerprint density at radius 2 is 1.66 bits per heavy atom. The number of carboxylic acids is 1. The van der Waals surface area contributed by atoms with Crippen molar-refractivity contribution in [1.29, 1.82) is 0 Å². The van der Waals surface area contributed by atoms with Gasteiger partial charge in [-0.05, 0) is 33.4 Å². The SMILES string of the molecule is O=C(N[C@H]1C=Cc2cccc3c2N(C1=O)[C@H](C(=O)O)C3)OCC1c2ccccc2-c2ccccc21. The summed E-state index contributed by atoms with van der Waals surface area (Å²) >= 11 is 0. The van der Waals surface area contributed by atoms with E-state index in [-0.39, 0.29) is 18.9 Å². The number of carboxylic acid groups (broad SMARTS) is 1. The summed E-state index contributed by atoms with van der Waals surface area (Å²) in [6.45, 7) is 0.121. The molecule has 0 bridgehead atoms. The third-order valence-electron chi connectivity index (χ3n) is 6.99. The number of para-hydroxylation sites is 1. The van der Waals surface area contributed by atoms with Crippen molar-refractivity contribution >= 4 is 29.7 Å². The van der Waals surface area contributed by atoms with Gasteiger partial charge >= 0.3 is 12.1 Å². The van der Waals surface area contributed by atoms with Crippen molar-refractivity contribution in [3.63, 3.8) is 0 Å². The van der Waals surface area contributed by atoms with Crippen LogP contribution in [0.5, 0.6) is 0 Å². The molecule has 2 heterocycles. The van der Waals surface area contributed by atoms with Crippen molar-refractivity contribution in [1.82, 2.24) is 5.32 Å². The number of amides is 2. The first-order valence-electron chi connectivity index (χ1n) is 11.5. The standard InChI is InChI=1S/C28H22N2O5/c31-26-23(13-12-16-6-5-7-17-14-24(27(32)33)30(26)25(16)17)29-28(34)35-15-22-20-10-3-1-8-18(20)19-9-2-4-11-21(19)22/h1-13,22-24H,14-15H2,(H,29,34)(H,32,33)/t23-,24-/m0/s1. The molecule has 0 unspecified atom stereocenters. The Hall–Kier alpha value is -4.39. The van der Waals surface area contributed by atoms with E-state index in [4.69, 9.17) is 4.74 Å². The number of nitrogens with one attached hydrogen (secondary N) is 1. The fraction of sp³-hybridized carbons (Fsp3) is 0.179. The van der Waals surface area contributed by atoms with Crippen molar-refractivity contribution in [2.24, 2.45) is 0 Å². The maximum Gasteiger partial charge on any atom is 0.408 e. The third kappa shape index (κ3) is 3.39. The summed E-state index contributed by atoms with van der Waals surface area (Å²) < 4.78 is 5.59. The number of benzene rings is 3. The second-order valence-electron chi connectivity index (χ2n) is 8.93. The van der Waals surface area contributed by atoms with Crippen LogP contribution in [0.3, 0.4) is 0 Å². The molecular weight excluding hydrogens is 444 g/mol. The first kappa shape index (κ1) is 21.2. The number of carbonyl (C=O) groups is 3. The van der Waals surface area contributed by atoms with Gasteiger partial charge in [0.2, 0.25) is 0 Å². The van der Waals surface area contributed by atoms with Crippen LogP contribution >= 0.6 is 0 Å². The van der Waals surface area contributed by atoms with Crippen LogP contribution in [-0.2, 0) is 20.7 Å². The highest BCUT2D eigenvalue weighted by Crippen LogP contribution is 2.44. The lowest BCUT2D eigenvalue weighted by atomic mass is 9.98. The van der Waals surface area contributed by atoms with E-state index in [1.807, 2.05) is 54.6 Å². The number of carbonyl (C=O) groups excluding carboxylic acids is 2. The maximum atomic E-state index is 13.4. The number of hydrogen-bond acceptors (Lipinski definition) is 4. The molecule has 3 aromatic carbocycles. The Balaban J connectivity index is 1.20. The van der Waals surface area contributed by atoms with Crippen molar-refractivity contribution in [2.75, 3.05) is 11.5 Å². The lowest BCUT2D eigenvalue weighted by Gasteiger charge is -2.26. The largest absolute Gasteiger partial charge is 0.480 e. The van der Waals surface area contributed by atoms with Crippen molar-refractivity contribution < 1.29 is 24.2 Å². The second-order valence-corrected chi connectivity index (χ2v) is 8.93. The highest BCUT2D eigenvalue weighted by Gasteiger charge is 2.43. The summed E-state index contributed by atoms with van der Waals surface area (Å²) in [6, 6.07) is 19.5. The summed E-state index contributed by atoms with van der Waals surface area (Å²) in [5, 5.41) is 12.3. The minimum atomic E-state index is -1.08. The predicted octanol–water partition coefficient (Wildman–Crippen LogP) is 3.96. The topological polar surface area (TPSA) is 95.9 Å². The predicted molar refractivity (Wildman–Crippen MR) is 130 cm³/mol. The Morgan fingerprint density at radius 1 is 0.971 bits per heavy atom. The molecule has 2 aliphatic heterocycles. The van der Waals surface area contributed by atoms with Crippen LogP contribution in [-0.4, -0.2) is 41.8 Å². The average molecular weight is 466 g/mol. The molecule has 2 amide bonds. The van der Waals surface area contributed by atoms with Gasteiger partial charge in [-0.1, -0.05) is 78.9 Å². The normalized spacial score (nSPS) is 19.5. The lowest BCUT2D eigenvalue weighted by Crippen LogP contribution is -2.52. The summed E-state index contributed by atoms with van der Waals surface area (Å²) in [7, 11) is 0. The highest BCUT2D eigenvalue weighted by atomic mass is 16.5. The fourth-order valence-corrected chi connectivity index (χ4v) is 5.43. The molecule has 0 aromatic heterocycles. The van der Waals surface area contributed by atoms with Gasteiger partial charge in [-0.2, -0.15) is 0 Å². The summed E-state index contributed by atoms with van der Waals surface area (Å²) in [5.41, 5.74) is 6.58. The molecule has 0 fully saturated rings. The van der Waals surface area contributed by atoms with E-state index in [0.717, 1.165) is 33.4 Å². The number of ether oxygens (including phenoxy) is 1. The third-order valence-corrected chi connectivity index (χ3v) is 6.99. The van der Waals surface area contributed by atoms with Gasteiger partial charge < -0.3 is 15.2 Å². The number of fused-ring (bicyclic) bond motifs is 3. The van der Waals surface area contributed by atoms with E-state index in [1.54, 1.807) is 12.2 Å². The van der Waals surface area contributed by atoms with Gasteiger partial charge in [0.05, 0.1) is 5.69 Å². The van der Waals surface area contributed by atoms with E-state index < -0.39 is 30.1 Å². The second kappa shape index (κ2) is 8.13. The van der Waals surface area contributed by atoms with Gasteiger partial charge in [-0.15, -0.1) is 0 Å². The van der Waals surface area contributed by atoms with Crippen LogP contribution in [0.1, 0.15) is 28.2 Å². The first-order valence-corrected chi connectivity index (χ1v) is 11.5. The molecule has 0 saturated heterocycles. The quantitative estimate of drug-likeness (QED) is 0.607. The van der Waals surface area contributed by atoms with Crippen LogP contribution in [0.25, 0.3) is 17.2 Å². The molecule has 0 radical (unpaired) electrons. The molecule has 174 valence electrons. The van der Waals surface area contributed by atoms with E-state index >= 15 is 0 Å². The number of aliphatic carboxylic acids is 1. The number of hydrogen-bond donors (Lipinski definition) is 2. The van der Waals surface area contributed by atoms with Crippen LogP contribution < -0.4 is 10.2 Å². The first-order chi connectivity index (χ1) is 17.0. The molecule has 2 N–H and O–H groups in total. The minimum absolute atomic E-state index is 0.102. The molecule has 3 aliphatic rings. The van der Waals surface area contributed by atoms with E-state index in [9.17, 15) is 19.5 Å². The van der Waals surface area contributed by atoms with E-state index in [2.05, 4.69) is 17.4 Å². The van der Waals surface area contributed by atoms with Crippen LogP contribution in [0.15, 0.2) is 72.8 Å². The van der Waals surface area contributed by atoms with Crippen molar-refractivity contribution in [2.45, 2.75) is 24.4 Å². The van der Waals surface area contributed by atoms with Gasteiger partial charge in [-0.3, -0.25) is 9.69 Å². The number of anilines is 1. The van der Waals surface area contributed by atoms with E-state index in [1.165, 1.54) is 4.90 Å². The average Bonchev–Trinajstić information content (AvgIpc) is 3.37. The van der Waals surface area contributed by atoms with Crippen molar-refractivity contribution in [3.05, 3.63) is 95.1 Å². The fourth-order valence-electron chi connectivity index (χ4n) is 5.43. The molecule has 2 atom stereocenters. The smallest absolute Gasteiger partial charge is 0.408 e. The van der Waals surface area contributed by atoms with Gasteiger partial charge in [0, 0.05) is 12.3 Å². The Labute approximate surface area is 201 Å². The molecular formula is C28H22N2O5. The molecule has 0 spiro atoms. The molecule has 6 rings (SSSR count). The number of alkyl carbamates (subject to hydrolysis) is 1. The van der Waals surface area contributed by atoms with Gasteiger partial charge in [0.1, 0.15) is 18.7 Å². The molecule has 7 heteroatoms. The Bertz CT molecular complexity index is 1370. The van der Waals surface area contributed by atoms with Gasteiger partial charge in [-0.25, -0.2) is 9.59 Å². The van der Waals surface area contributed by atoms with E-state index in [0.29, 0.717) is 5.69 Å². The minimum Gasteiger partial charge on any atom is -0.480 e. The number of nitrogens with zero attached hydrogens (tertiary/aromatic N) is 1. The zero-order chi connectivity index (χ0) is 24.1. The zero-order valence-electron chi connectivity index (χ0n) is 18.7. The summed E-state index contributed by atoms with van der Waals surface area (Å²) in [4.78, 5) is 39.3. The Morgan fingerprint density at radius 3 is 2.34 bits per heavy atom. The Kier molecular flexibility index (Phi) is 4.91. The molecule has 3 aromatic rings. The highest BCUT2D eigenvalue weighted by molar-refractivity contribution is 6.09. The monoisotopic (exact) mass is 466 g/mol. The van der Waals surface area contributed by atoms with Crippen LogP contribution in [0.2, 0.25) is 0 Å². The molecule has 0 saturated carbocycles. The van der Waals surface area contributed by atoms with Gasteiger partial charge in [0.25, 0.3) is 5.91 Å². The zero-order valence-corrected chi connectivity index (χ0v) is 18.7. The maximum absolute atomic E-state index is 13.4. The lowest BCUT2D eigenvalue weighted by molar-refractivity contribution is -0.139. The van der Waals surface area contributed by atoms with Crippen LogP contribution in [0.4, 0.5) is 10.5 Å². The van der Waals surface area contributed by atoms with Crippen molar-refractivity contribution in [3.8, 4) is 11.1 Å². The molecule has 7 nitrogen and oxygen atoms in total. The summed E-state index contributed by atoms with van der Waals surface area (Å²) in [5.74, 6) is -1.68.